The molecule has 2 amide bonds. The minimum atomic E-state index is -0.215. The van der Waals surface area contributed by atoms with E-state index in [0.29, 0.717) is 11.3 Å². The van der Waals surface area contributed by atoms with E-state index in [-0.39, 0.29) is 24.5 Å². The number of anilines is 1. The first-order chi connectivity index (χ1) is 13.5. The van der Waals surface area contributed by atoms with Crippen LogP contribution in [-0.4, -0.2) is 24.5 Å². The monoisotopic (exact) mass is 380 g/mol. The maximum absolute atomic E-state index is 12.3. The van der Waals surface area contributed by atoms with Gasteiger partial charge in [0.1, 0.15) is 5.75 Å². The van der Waals surface area contributed by atoms with Gasteiger partial charge in [0.05, 0.1) is 0 Å². The van der Waals surface area contributed by atoms with E-state index in [4.69, 9.17) is 4.74 Å². The van der Waals surface area contributed by atoms with Crippen molar-refractivity contribution in [3.8, 4) is 5.75 Å². The molecule has 0 aromatic heterocycles. The number of ether oxygens (including phenoxy) is 1. The van der Waals surface area contributed by atoms with Crippen LogP contribution in [0.3, 0.4) is 0 Å². The zero-order valence-electron chi connectivity index (χ0n) is 16.6. The molecular formula is C23H28N2O3. The third kappa shape index (κ3) is 5.35. The Bertz CT molecular complexity index is 824. The topological polar surface area (TPSA) is 67.4 Å². The molecule has 1 aliphatic carbocycles. The molecule has 5 heteroatoms. The average Bonchev–Trinajstić information content (AvgIpc) is 2.71. The third-order valence-electron chi connectivity index (χ3n) is 5.31. The van der Waals surface area contributed by atoms with Crippen molar-refractivity contribution < 1.29 is 14.3 Å². The standard InChI is InChI=1S/C23H28N2O3/c1-16-7-6-10-21(17(16)2)25-22(26)15-28-20-13-11-18(12-14-20)23(27)24-19-8-4-3-5-9-19/h6-7,10-14,19H,3-5,8-9,15H2,1-2H3,(H,24,27)(H,25,26). The van der Waals surface area contributed by atoms with Gasteiger partial charge in [-0.25, -0.2) is 0 Å². The summed E-state index contributed by atoms with van der Waals surface area (Å²) in [6.45, 7) is 3.90. The number of carbonyl (C=O) groups is 2. The second-order valence-electron chi connectivity index (χ2n) is 7.42. The second kappa shape index (κ2) is 9.40. The number of rotatable bonds is 6. The fraction of sp³-hybridized carbons (Fsp3) is 0.391. The molecule has 0 heterocycles. The minimum Gasteiger partial charge on any atom is -0.484 e. The number of nitrogens with one attached hydrogen (secondary N) is 2. The van der Waals surface area contributed by atoms with Gasteiger partial charge in [-0.15, -0.1) is 0 Å². The lowest BCUT2D eigenvalue weighted by Gasteiger charge is -2.22. The van der Waals surface area contributed by atoms with Crippen molar-refractivity contribution in [2.24, 2.45) is 0 Å². The highest BCUT2D eigenvalue weighted by atomic mass is 16.5. The molecule has 0 aliphatic heterocycles. The van der Waals surface area contributed by atoms with Crippen LogP contribution < -0.4 is 15.4 Å². The summed E-state index contributed by atoms with van der Waals surface area (Å²) < 4.78 is 5.55. The molecule has 1 fully saturated rings. The molecule has 0 saturated heterocycles. The SMILES string of the molecule is Cc1cccc(NC(=O)COc2ccc(C(=O)NC3CCCCC3)cc2)c1C. The first-order valence-electron chi connectivity index (χ1n) is 9.93. The number of hydrogen-bond acceptors (Lipinski definition) is 3. The molecular weight excluding hydrogens is 352 g/mol. The number of amides is 2. The van der Waals surface area contributed by atoms with Gasteiger partial charge in [-0.1, -0.05) is 31.4 Å². The molecule has 5 nitrogen and oxygen atoms in total. The summed E-state index contributed by atoms with van der Waals surface area (Å²) in [6.07, 6.45) is 5.74. The number of benzene rings is 2. The van der Waals surface area contributed by atoms with Crippen LogP contribution >= 0.6 is 0 Å². The number of carbonyl (C=O) groups excluding carboxylic acids is 2. The molecule has 2 aromatic rings. The summed E-state index contributed by atoms with van der Waals surface area (Å²) in [5.74, 6) is 0.296. The average molecular weight is 380 g/mol. The van der Waals surface area contributed by atoms with Gasteiger partial charge < -0.3 is 15.4 Å². The quantitative estimate of drug-likeness (QED) is 0.781. The summed E-state index contributed by atoms with van der Waals surface area (Å²) in [5.41, 5.74) is 3.58. The van der Waals surface area contributed by atoms with E-state index in [9.17, 15) is 9.59 Å². The Kier molecular flexibility index (Phi) is 6.69. The van der Waals surface area contributed by atoms with Crippen LogP contribution in [0.5, 0.6) is 5.75 Å². The molecule has 0 spiro atoms. The van der Waals surface area contributed by atoms with Gasteiger partial charge >= 0.3 is 0 Å². The van der Waals surface area contributed by atoms with Crippen LogP contribution in [0, 0.1) is 13.8 Å². The molecule has 2 aromatic carbocycles. The Morgan fingerprint density at radius 2 is 1.71 bits per heavy atom. The number of hydrogen-bond donors (Lipinski definition) is 2. The van der Waals surface area contributed by atoms with E-state index in [2.05, 4.69) is 10.6 Å². The van der Waals surface area contributed by atoms with E-state index >= 15 is 0 Å². The lowest BCUT2D eigenvalue weighted by Crippen LogP contribution is -2.36. The Hall–Kier alpha value is -2.82. The van der Waals surface area contributed by atoms with Crippen molar-refractivity contribution in [3.05, 3.63) is 59.2 Å². The van der Waals surface area contributed by atoms with Crippen molar-refractivity contribution in [2.75, 3.05) is 11.9 Å². The fourth-order valence-electron chi connectivity index (χ4n) is 3.44. The lowest BCUT2D eigenvalue weighted by atomic mass is 9.95. The van der Waals surface area contributed by atoms with E-state index in [1.54, 1.807) is 24.3 Å². The highest BCUT2D eigenvalue weighted by molar-refractivity contribution is 5.94. The van der Waals surface area contributed by atoms with Crippen LogP contribution in [0.4, 0.5) is 5.69 Å². The van der Waals surface area contributed by atoms with Crippen LogP contribution in [0.25, 0.3) is 0 Å². The van der Waals surface area contributed by atoms with Crippen LogP contribution in [0.2, 0.25) is 0 Å². The van der Waals surface area contributed by atoms with Crippen molar-refractivity contribution in [1.29, 1.82) is 0 Å². The maximum atomic E-state index is 12.3. The van der Waals surface area contributed by atoms with Gasteiger partial charge in [-0.05, 0) is 68.1 Å². The first-order valence-corrected chi connectivity index (χ1v) is 9.93. The summed E-state index contributed by atoms with van der Waals surface area (Å²) in [7, 11) is 0. The van der Waals surface area contributed by atoms with Crippen molar-refractivity contribution >= 4 is 17.5 Å². The van der Waals surface area contributed by atoms with Gasteiger partial charge in [0.25, 0.3) is 11.8 Å². The fourth-order valence-corrected chi connectivity index (χ4v) is 3.44. The van der Waals surface area contributed by atoms with Gasteiger partial charge in [-0.2, -0.15) is 0 Å². The zero-order chi connectivity index (χ0) is 19.9. The Morgan fingerprint density at radius 1 is 1.00 bits per heavy atom. The van der Waals surface area contributed by atoms with Crippen LogP contribution in [-0.2, 0) is 4.79 Å². The summed E-state index contributed by atoms with van der Waals surface area (Å²) in [5, 5.41) is 5.97. The van der Waals surface area contributed by atoms with Crippen LogP contribution in [0.15, 0.2) is 42.5 Å². The van der Waals surface area contributed by atoms with Gasteiger partial charge in [0, 0.05) is 17.3 Å². The Morgan fingerprint density at radius 3 is 2.43 bits per heavy atom. The van der Waals surface area contributed by atoms with Gasteiger partial charge in [0.2, 0.25) is 0 Å². The van der Waals surface area contributed by atoms with Crippen molar-refractivity contribution in [2.45, 2.75) is 52.0 Å². The van der Waals surface area contributed by atoms with E-state index < -0.39 is 0 Å². The molecule has 0 bridgehead atoms. The molecule has 0 unspecified atom stereocenters. The lowest BCUT2D eigenvalue weighted by molar-refractivity contribution is -0.118. The zero-order valence-corrected chi connectivity index (χ0v) is 16.6. The van der Waals surface area contributed by atoms with Gasteiger partial charge in [-0.3, -0.25) is 9.59 Å². The predicted molar refractivity (Wildman–Crippen MR) is 111 cm³/mol. The molecule has 148 valence electrons. The summed E-state index contributed by atoms with van der Waals surface area (Å²) in [6, 6.07) is 13.0. The first kappa shape index (κ1) is 19.9. The maximum Gasteiger partial charge on any atom is 0.262 e. The normalized spacial score (nSPS) is 14.4. The smallest absolute Gasteiger partial charge is 0.262 e. The Labute approximate surface area is 166 Å². The molecule has 0 atom stereocenters. The van der Waals surface area contributed by atoms with Crippen LogP contribution in [0.1, 0.15) is 53.6 Å². The Balaban J connectivity index is 1.49. The third-order valence-corrected chi connectivity index (χ3v) is 5.31. The molecule has 0 radical (unpaired) electrons. The van der Waals surface area contributed by atoms with E-state index in [0.717, 1.165) is 29.7 Å². The molecule has 3 rings (SSSR count). The molecule has 1 saturated carbocycles. The molecule has 28 heavy (non-hydrogen) atoms. The minimum absolute atomic E-state index is 0.0499. The molecule has 2 N–H and O–H groups in total. The largest absolute Gasteiger partial charge is 0.484 e. The molecule has 1 aliphatic rings. The van der Waals surface area contributed by atoms with E-state index in [1.165, 1.54) is 19.3 Å². The summed E-state index contributed by atoms with van der Waals surface area (Å²) in [4.78, 5) is 24.5. The highest BCUT2D eigenvalue weighted by Crippen LogP contribution is 2.19. The van der Waals surface area contributed by atoms with E-state index in [1.807, 2.05) is 32.0 Å². The van der Waals surface area contributed by atoms with Gasteiger partial charge in [0.15, 0.2) is 6.61 Å². The second-order valence-corrected chi connectivity index (χ2v) is 7.42. The van der Waals surface area contributed by atoms with Crippen molar-refractivity contribution in [1.82, 2.24) is 5.32 Å². The predicted octanol–water partition coefficient (Wildman–Crippen LogP) is 4.38. The highest BCUT2D eigenvalue weighted by Gasteiger charge is 2.16. The summed E-state index contributed by atoms with van der Waals surface area (Å²) >= 11 is 0. The number of aryl methyl sites for hydroxylation is 1. The van der Waals surface area contributed by atoms with Crippen molar-refractivity contribution in [3.63, 3.8) is 0 Å².